The molecule has 0 radical (unpaired) electrons. The number of hydrogen-bond acceptors (Lipinski definition) is 2. The summed E-state index contributed by atoms with van der Waals surface area (Å²) in [6, 6.07) is 13.8. The molecule has 0 aliphatic carbocycles. The first-order chi connectivity index (χ1) is 11.0. The highest BCUT2D eigenvalue weighted by molar-refractivity contribution is 5.76. The molecule has 23 heavy (non-hydrogen) atoms. The number of carbonyl (C=O) groups is 1. The van der Waals surface area contributed by atoms with Crippen LogP contribution >= 0.6 is 0 Å². The van der Waals surface area contributed by atoms with Gasteiger partial charge in [0.1, 0.15) is 5.75 Å². The van der Waals surface area contributed by atoms with E-state index in [0.29, 0.717) is 19.4 Å². The molecule has 3 heteroatoms. The summed E-state index contributed by atoms with van der Waals surface area (Å²) in [5, 5.41) is 9.45. The van der Waals surface area contributed by atoms with Crippen LogP contribution in [-0.2, 0) is 4.79 Å². The summed E-state index contributed by atoms with van der Waals surface area (Å²) < 4.78 is 5.78. The van der Waals surface area contributed by atoms with E-state index in [1.807, 2.05) is 50.2 Å². The van der Waals surface area contributed by atoms with Gasteiger partial charge in [-0.25, -0.2) is 0 Å². The second-order valence-electron chi connectivity index (χ2n) is 6.06. The minimum Gasteiger partial charge on any atom is -0.493 e. The van der Waals surface area contributed by atoms with Crippen LogP contribution in [0.2, 0.25) is 0 Å². The standard InChI is InChI=1S/C20H24O3/c1-14-6-9-17(10-7-14)18(20(21)22)5-4-12-23-19-11-8-15(2)13-16(19)3/h6-11,13,18H,4-5,12H2,1-3H3,(H,21,22). The van der Waals surface area contributed by atoms with Gasteiger partial charge in [0.25, 0.3) is 0 Å². The number of aryl methyl sites for hydroxylation is 3. The first kappa shape index (κ1) is 17.1. The van der Waals surface area contributed by atoms with E-state index < -0.39 is 11.9 Å². The Kier molecular flexibility index (Phi) is 5.80. The minimum absolute atomic E-state index is 0.474. The lowest BCUT2D eigenvalue weighted by Crippen LogP contribution is -2.13. The molecule has 122 valence electrons. The SMILES string of the molecule is Cc1ccc(C(CCCOc2ccc(C)cc2C)C(=O)O)cc1. The van der Waals surface area contributed by atoms with Gasteiger partial charge in [-0.1, -0.05) is 47.5 Å². The molecule has 0 amide bonds. The third kappa shape index (κ3) is 4.85. The van der Waals surface area contributed by atoms with Crippen LogP contribution in [0.5, 0.6) is 5.75 Å². The van der Waals surface area contributed by atoms with Crippen molar-refractivity contribution in [1.29, 1.82) is 0 Å². The molecule has 0 heterocycles. The summed E-state index contributed by atoms with van der Waals surface area (Å²) in [4.78, 5) is 11.5. The topological polar surface area (TPSA) is 46.5 Å². The Bertz CT molecular complexity index is 659. The Morgan fingerprint density at radius 3 is 2.30 bits per heavy atom. The zero-order chi connectivity index (χ0) is 16.8. The number of hydrogen-bond donors (Lipinski definition) is 1. The molecule has 0 fully saturated rings. The molecule has 0 saturated heterocycles. The van der Waals surface area contributed by atoms with Crippen LogP contribution in [0.15, 0.2) is 42.5 Å². The van der Waals surface area contributed by atoms with Gasteiger partial charge >= 0.3 is 5.97 Å². The Balaban J connectivity index is 1.90. The molecule has 1 atom stereocenters. The first-order valence-corrected chi connectivity index (χ1v) is 7.97. The van der Waals surface area contributed by atoms with E-state index in [4.69, 9.17) is 4.74 Å². The Labute approximate surface area is 137 Å². The molecule has 0 spiro atoms. The Hall–Kier alpha value is -2.29. The maximum atomic E-state index is 11.5. The van der Waals surface area contributed by atoms with Crippen molar-refractivity contribution in [3.63, 3.8) is 0 Å². The maximum Gasteiger partial charge on any atom is 0.310 e. The van der Waals surface area contributed by atoms with Crippen LogP contribution in [0.4, 0.5) is 0 Å². The van der Waals surface area contributed by atoms with Crippen molar-refractivity contribution in [1.82, 2.24) is 0 Å². The van der Waals surface area contributed by atoms with Crippen molar-refractivity contribution in [2.24, 2.45) is 0 Å². The first-order valence-electron chi connectivity index (χ1n) is 7.97. The molecule has 0 aliphatic rings. The van der Waals surface area contributed by atoms with Crippen LogP contribution in [0.3, 0.4) is 0 Å². The van der Waals surface area contributed by atoms with Crippen LogP contribution < -0.4 is 4.74 Å². The molecule has 0 bridgehead atoms. The average molecular weight is 312 g/mol. The van der Waals surface area contributed by atoms with Gasteiger partial charge in [0.15, 0.2) is 0 Å². The zero-order valence-corrected chi connectivity index (χ0v) is 14.0. The van der Waals surface area contributed by atoms with Crippen LogP contribution in [0.25, 0.3) is 0 Å². The predicted molar refractivity (Wildman–Crippen MR) is 92.2 cm³/mol. The molecule has 2 rings (SSSR count). The van der Waals surface area contributed by atoms with Gasteiger partial charge in [-0.15, -0.1) is 0 Å². The van der Waals surface area contributed by atoms with Gasteiger partial charge in [0.05, 0.1) is 12.5 Å². The molecule has 0 saturated carbocycles. The number of aliphatic carboxylic acids is 1. The third-order valence-corrected chi connectivity index (χ3v) is 4.00. The fraction of sp³-hybridized carbons (Fsp3) is 0.350. The van der Waals surface area contributed by atoms with Crippen LogP contribution in [0.1, 0.15) is 41.0 Å². The number of ether oxygens (including phenoxy) is 1. The second kappa shape index (κ2) is 7.82. The van der Waals surface area contributed by atoms with Gasteiger partial charge < -0.3 is 9.84 Å². The molecular weight excluding hydrogens is 288 g/mol. The monoisotopic (exact) mass is 312 g/mol. The maximum absolute atomic E-state index is 11.5. The highest BCUT2D eigenvalue weighted by Crippen LogP contribution is 2.23. The smallest absolute Gasteiger partial charge is 0.310 e. The van der Waals surface area contributed by atoms with E-state index in [1.165, 1.54) is 5.56 Å². The van der Waals surface area contributed by atoms with Gasteiger partial charge in [0.2, 0.25) is 0 Å². The number of carboxylic acid groups (broad SMARTS) is 1. The molecule has 2 aromatic carbocycles. The largest absolute Gasteiger partial charge is 0.493 e. The highest BCUT2D eigenvalue weighted by Gasteiger charge is 2.19. The van der Waals surface area contributed by atoms with E-state index in [1.54, 1.807) is 0 Å². The number of rotatable bonds is 7. The number of carboxylic acids is 1. The van der Waals surface area contributed by atoms with E-state index >= 15 is 0 Å². The Morgan fingerprint density at radius 1 is 1.04 bits per heavy atom. The van der Waals surface area contributed by atoms with Crippen molar-refractivity contribution in [2.75, 3.05) is 6.61 Å². The van der Waals surface area contributed by atoms with E-state index in [0.717, 1.165) is 22.4 Å². The fourth-order valence-corrected chi connectivity index (χ4v) is 2.66. The fourth-order valence-electron chi connectivity index (χ4n) is 2.66. The molecule has 2 aromatic rings. The second-order valence-corrected chi connectivity index (χ2v) is 6.06. The van der Waals surface area contributed by atoms with Gasteiger partial charge in [-0.05, 0) is 50.8 Å². The summed E-state index contributed by atoms with van der Waals surface area (Å²) in [6.07, 6.45) is 1.28. The van der Waals surface area contributed by atoms with Gasteiger partial charge in [-0.3, -0.25) is 4.79 Å². The van der Waals surface area contributed by atoms with E-state index in [9.17, 15) is 9.90 Å². The summed E-state index contributed by atoms with van der Waals surface area (Å²) in [5.74, 6) is -0.378. The summed E-state index contributed by atoms with van der Waals surface area (Å²) >= 11 is 0. The highest BCUT2D eigenvalue weighted by atomic mass is 16.5. The van der Waals surface area contributed by atoms with Crippen molar-refractivity contribution in [3.05, 3.63) is 64.7 Å². The average Bonchev–Trinajstić information content (AvgIpc) is 2.50. The van der Waals surface area contributed by atoms with E-state index in [2.05, 4.69) is 13.0 Å². The van der Waals surface area contributed by atoms with Crippen LogP contribution in [-0.4, -0.2) is 17.7 Å². The summed E-state index contributed by atoms with van der Waals surface area (Å²) in [6.45, 7) is 6.60. The molecule has 1 N–H and O–H groups in total. The summed E-state index contributed by atoms with van der Waals surface area (Å²) in [5.41, 5.74) is 4.31. The predicted octanol–water partition coefficient (Wildman–Crippen LogP) is 4.64. The lowest BCUT2D eigenvalue weighted by Gasteiger charge is -2.14. The zero-order valence-electron chi connectivity index (χ0n) is 14.0. The molecular formula is C20H24O3. The van der Waals surface area contributed by atoms with Gasteiger partial charge in [-0.2, -0.15) is 0 Å². The molecule has 1 unspecified atom stereocenters. The quantitative estimate of drug-likeness (QED) is 0.758. The van der Waals surface area contributed by atoms with Crippen molar-refractivity contribution >= 4 is 5.97 Å². The minimum atomic E-state index is -0.777. The van der Waals surface area contributed by atoms with Crippen LogP contribution in [0, 0.1) is 20.8 Å². The van der Waals surface area contributed by atoms with Crippen molar-refractivity contribution < 1.29 is 14.6 Å². The van der Waals surface area contributed by atoms with E-state index in [-0.39, 0.29) is 0 Å². The number of benzene rings is 2. The third-order valence-electron chi connectivity index (χ3n) is 4.00. The van der Waals surface area contributed by atoms with Crippen molar-refractivity contribution in [2.45, 2.75) is 39.5 Å². The van der Waals surface area contributed by atoms with Gasteiger partial charge in [0, 0.05) is 0 Å². The normalized spacial score (nSPS) is 12.0. The molecule has 3 nitrogen and oxygen atoms in total. The summed E-state index contributed by atoms with van der Waals surface area (Å²) in [7, 11) is 0. The molecule has 0 aliphatic heterocycles. The lowest BCUT2D eigenvalue weighted by molar-refractivity contribution is -0.139. The lowest BCUT2D eigenvalue weighted by atomic mass is 9.94. The van der Waals surface area contributed by atoms with Crippen molar-refractivity contribution in [3.8, 4) is 5.75 Å². The Morgan fingerprint density at radius 2 is 1.70 bits per heavy atom. The molecule has 0 aromatic heterocycles.